The lowest BCUT2D eigenvalue weighted by Gasteiger charge is -2.32. The highest BCUT2D eigenvalue weighted by molar-refractivity contribution is 5.78. The zero-order valence-corrected chi connectivity index (χ0v) is 10.6. The van der Waals surface area contributed by atoms with Crippen molar-refractivity contribution in [2.75, 3.05) is 6.54 Å². The van der Waals surface area contributed by atoms with Gasteiger partial charge in [-0.05, 0) is 37.4 Å². The second kappa shape index (κ2) is 4.73. The Bertz CT molecular complexity index is 544. The van der Waals surface area contributed by atoms with E-state index in [2.05, 4.69) is 12.2 Å². The van der Waals surface area contributed by atoms with Crippen LogP contribution in [0.15, 0.2) is 28.7 Å². The molecule has 0 radical (unpaired) electrons. The third kappa shape index (κ3) is 1.93. The molecule has 1 atom stereocenters. The van der Waals surface area contributed by atoms with E-state index in [1.54, 1.807) is 6.07 Å². The first-order valence-electron chi connectivity index (χ1n) is 6.71. The van der Waals surface area contributed by atoms with Crippen LogP contribution in [0.1, 0.15) is 38.0 Å². The number of hydrogen-bond acceptors (Lipinski definition) is 2. The molecule has 1 aliphatic carbocycles. The van der Waals surface area contributed by atoms with Crippen molar-refractivity contribution < 1.29 is 8.81 Å². The van der Waals surface area contributed by atoms with Gasteiger partial charge in [-0.25, -0.2) is 4.39 Å². The number of para-hydroxylation sites is 1. The summed E-state index contributed by atoms with van der Waals surface area (Å²) in [5.74, 6) is 1.23. The molecule has 1 aromatic heterocycles. The molecular weight excluding hydrogens is 229 g/mol. The van der Waals surface area contributed by atoms with Gasteiger partial charge < -0.3 is 9.73 Å². The average molecular weight is 247 g/mol. The van der Waals surface area contributed by atoms with E-state index < -0.39 is 0 Å². The maximum Gasteiger partial charge on any atom is 0.169 e. The summed E-state index contributed by atoms with van der Waals surface area (Å²) in [7, 11) is 0. The van der Waals surface area contributed by atoms with Crippen LogP contribution in [0, 0.1) is 11.7 Å². The Morgan fingerprint density at radius 1 is 1.44 bits per heavy atom. The highest BCUT2D eigenvalue weighted by atomic mass is 19.1. The Labute approximate surface area is 106 Å². The second-order valence-corrected chi connectivity index (χ2v) is 5.03. The molecular formula is C15H18FNO. The molecule has 1 N–H and O–H groups in total. The van der Waals surface area contributed by atoms with Gasteiger partial charge >= 0.3 is 0 Å². The van der Waals surface area contributed by atoms with Crippen molar-refractivity contribution in [2.45, 2.75) is 32.2 Å². The van der Waals surface area contributed by atoms with Gasteiger partial charge in [0.05, 0.1) is 6.04 Å². The summed E-state index contributed by atoms with van der Waals surface area (Å²) < 4.78 is 19.4. The van der Waals surface area contributed by atoms with E-state index in [-0.39, 0.29) is 11.9 Å². The van der Waals surface area contributed by atoms with Crippen molar-refractivity contribution in [3.05, 3.63) is 35.8 Å². The third-order valence-electron chi connectivity index (χ3n) is 3.87. The molecule has 1 aromatic carbocycles. The molecule has 1 heterocycles. The van der Waals surface area contributed by atoms with Crippen LogP contribution in [0.5, 0.6) is 0 Å². The lowest BCUT2D eigenvalue weighted by atomic mass is 9.79. The first kappa shape index (κ1) is 11.7. The maximum absolute atomic E-state index is 13.6. The number of halogens is 1. The standard InChI is InChI=1S/C15H18FNO/c1-2-17-14(10-5-3-6-10)13-9-11-7-4-8-12(16)15(11)18-13/h4,7-10,14,17H,2-3,5-6H2,1H3. The summed E-state index contributed by atoms with van der Waals surface area (Å²) in [5, 5.41) is 4.32. The monoisotopic (exact) mass is 247 g/mol. The van der Waals surface area contributed by atoms with Crippen molar-refractivity contribution >= 4 is 11.0 Å². The normalized spacial score (nSPS) is 17.9. The summed E-state index contributed by atoms with van der Waals surface area (Å²) in [4.78, 5) is 0. The Morgan fingerprint density at radius 2 is 2.28 bits per heavy atom. The number of nitrogens with one attached hydrogen (secondary N) is 1. The molecule has 0 saturated heterocycles. The van der Waals surface area contributed by atoms with Crippen LogP contribution in [0.25, 0.3) is 11.0 Å². The van der Waals surface area contributed by atoms with Gasteiger partial charge in [-0.2, -0.15) is 0 Å². The Hall–Kier alpha value is -1.35. The largest absolute Gasteiger partial charge is 0.456 e. The molecule has 96 valence electrons. The van der Waals surface area contributed by atoms with E-state index in [9.17, 15) is 4.39 Å². The summed E-state index contributed by atoms with van der Waals surface area (Å²) in [5.41, 5.74) is 0.384. The zero-order valence-electron chi connectivity index (χ0n) is 10.6. The lowest BCUT2D eigenvalue weighted by Crippen LogP contribution is -2.31. The predicted octanol–water partition coefficient (Wildman–Crippen LogP) is 4.02. The topological polar surface area (TPSA) is 25.2 Å². The van der Waals surface area contributed by atoms with E-state index in [0.29, 0.717) is 11.5 Å². The molecule has 3 rings (SSSR count). The van der Waals surface area contributed by atoms with Crippen LogP contribution >= 0.6 is 0 Å². The van der Waals surface area contributed by atoms with Crippen LogP contribution < -0.4 is 5.32 Å². The minimum atomic E-state index is -0.275. The number of hydrogen-bond donors (Lipinski definition) is 1. The van der Waals surface area contributed by atoms with Gasteiger partial charge in [0.1, 0.15) is 5.76 Å². The molecule has 0 aliphatic heterocycles. The molecule has 2 nitrogen and oxygen atoms in total. The molecule has 1 saturated carbocycles. The van der Waals surface area contributed by atoms with E-state index in [4.69, 9.17) is 4.42 Å². The van der Waals surface area contributed by atoms with E-state index >= 15 is 0 Å². The Balaban J connectivity index is 1.98. The highest BCUT2D eigenvalue weighted by Gasteiger charge is 2.30. The minimum absolute atomic E-state index is 0.232. The smallest absolute Gasteiger partial charge is 0.169 e. The first-order valence-corrected chi connectivity index (χ1v) is 6.71. The van der Waals surface area contributed by atoms with Crippen molar-refractivity contribution in [3.63, 3.8) is 0 Å². The molecule has 1 unspecified atom stereocenters. The van der Waals surface area contributed by atoms with E-state index in [1.807, 2.05) is 12.1 Å². The Kier molecular flexibility index (Phi) is 3.08. The average Bonchev–Trinajstić information content (AvgIpc) is 2.71. The molecule has 3 heteroatoms. The van der Waals surface area contributed by atoms with Gasteiger partial charge in [0, 0.05) is 5.39 Å². The van der Waals surface area contributed by atoms with Crippen LogP contribution in [-0.4, -0.2) is 6.54 Å². The van der Waals surface area contributed by atoms with Crippen molar-refractivity contribution in [1.29, 1.82) is 0 Å². The van der Waals surface area contributed by atoms with Gasteiger partial charge in [0.2, 0.25) is 0 Å². The van der Waals surface area contributed by atoms with Crippen LogP contribution in [0.2, 0.25) is 0 Å². The summed E-state index contributed by atoms with van der Waals surface area (Å²) in [6.45, 7) is 3.00. The molecule has 18 heavy (non-hydrogen) atoms. The van der Waals surface area contributed by atoms with Gasteiger partial charge in [-0.15, -0.1) is 0 Å². The molecule has 0 spiro atoms. The molecule has 2 aromatic rings. The minimum Gasteiger partial charge on any atom is -0.456 e. The van der Waals surface area contributed by atoms with Gasteiger partial charge in [-0.1, -0.05) is 25.5 Å². The summed E-state index contributed by atoms with van der Waals surface area (Å²) >= 11 is 0. The molecule has 1 aliphatic rings. The number of rotatable bonds is 4. The summed E-state index contributed by atoms with van der Waals surface area (Å²) in [6.07, 6.45) is 3.76. The van der Waals surface area contributed by atoms with E-state index in [0.717, 1.165) is 17.7 Å². The van der Waals surface area contributed by atoms with E-state index in [1.165, 1.54) is 25.3 Å². The maximum atomic E-state index is 13.6. The van der Waals surface area contributed by atoms with Crippen LogP contribution in [0.4, 0.5) is 4.39 Å². The van der Waals surface area contributed by atoms with Crippen LogP contribution in [-0.2, 0) is 0 Å². The Morgan fingerprint density at radius 3 is 2.89 bits per heavy atom. The SMILES string of the molecule is CCNC(c1cc2cccc(F)c2o1)C1CCC1. The number of benzene rings is 1. The van der Waals surface area contributed by atoms with Gasteiger partial charge in [0.15, 0.2) is 11.4 Å². The quantitative estimate of drug-likeness (QED) is 0.882. The second-order valence-electron chi connectivity index (χ2n) is 5.03. The predicted molar refractivity (Wildman–Crippen MR) is 69.9 cm³/mol. The highest BCUT2D eigenvalue weighted by Crippen LogP contribution is 2.39. The van der Waals surface area contributed by atoms with Gasteiger partial charge in [0.25, 0.3) is 0 Å². The molecule has 0 bridgehead atoms. The van der Waals surface area contributed by atoms with Crippen molar-refractivity contribution in [1.82, 2.24) is 5.32 Å². The van der Waals surface area contributed by atoms with Crippen molar-refractivity contribution in [3.8, 4) is 0 Å². The fraction of sp³-hybridized carbons (Fsp3) is 0.467. The molecule has 0 amide bonds. The lowest BCUT2D eigenvalue weighted by molar-refractivity contribution is 0.212. The van der Waals surface area contributed by atoms with Crippen molar-refractivity contribution in [2.24, 2.45) is 5.92 Å². The molecule has 1 fully saturated rings. The number of furan rings is 1. The third-order valence-corrected chi connectivity index (χ3v) is 3.87. The first-order chi connectivity index (χ1) is 8.79. The zero-order chi connectivity index (χ0) is 12.5. The fourth-order valence-corrected chi connectivity index (χ4v) is 2.69. The van der Waals surface area contributed by atoms with Gasteiger partial charge in [-0.3, -0.25) is 0 Å². The van der Waals surface area contributed by atoms with Crippen LogP contribution in [0.3, 0.4) is 0 Å². The summed E-state index contributed by atoms with van der Waals surface area (Å²) in [6, 6.07) is 7.28. The fourth-order valence-electron chi connectivity index (χ4n) is 2.69. The number of fused-ring (bicyclic) bond motifs is 1.